The molecule has 172 valence electrons. The van der Waals surface area contributed by atoms with Crippen LogP contribution in [0.25, 0.3) is 33.2 Å². The summed E-state index contributed by atoms with van der Waals surface area (Å²) in [6.45, 7) is 0. The van der Waals surface area contributed by atoms with Crippen LogP contribution in [0.3, 0.4) is 0 Å². The van der Waals surface area contributed by atoms with Crippen LogP contribution in [0.15, 0.2) is 118 Å². The molecule has 5 rings (SSSR count). The molecule has 0 radical (unpaired) electrons. The molecule has 0 spiro atoms. The van der Waals surface area contributed by atoms with Gasteiger partial charge in [-0.2, -0.15) is 0 Å². The number of rotatable bonds is 5. The number of fused-ring (bicyclic) bond motifs is 1. The van der Waals surface area contributed by atoms with Gasteiger partial charge in [0.2, 0.25) is 10.0 Å². The topological polar surface area (TPSA) is 124 Å². The van der Waals surface area contributed by atoms with Crippen molar-refractivity contribution in [3.05, 3.63) is 103 Å². The minimum Gasteiger partial charge on any atom is -0.396 e. The number of nitrogens with zero attached hydrogens (tertiary/aromatic N) is 3. The van der Waals surface area contributed by atoms with E-state index >= 15 is 0 Å². The quantitative estimate of drug-likeness (QED) is 0.229. The van der Waals surface area contributed by atoms with Gasteiger partial charge in [0.15, 0.2) is 0 Å². The Morgan fingerprint density at radius 1 is 0.714 bits per heavy atom. The molecule has 8 heteroatoms. The SMILES string of the molecule is Nc1c(N=Nc2ccc(-c3ccccc3-c3ccccc3)nc2)cc(S(N)(=O)=O)c2ccccc12. The van der Waals surface area contributed by atoms with E-state index in [-0.39, 0.29) is 10.6 Å². The molecule has 0 amide bonds. The van der Waals surface area contributed by atoms with Crippen LogP contribution < -0.4 is 10.9 Å². The van der Waals surface area contributed by atoms with E-state index < -0.39 is 10.0 Å². The van der Waals surface area contributed by atoms with E-state index in [9.17, 15) is 8.42 Å². The van der Waals surface area contributed by atoms with Crippen LogP contribution >= 0.6 is 0 Å². The number of nitrogens with two attached hydrogens (primary N) is 2. The first-order chi connectivity index (χ1) is 16.9. The normalized spacial score (nSPS) is 11.8. The van der Waals surface area contributed by atoms with Crippen LogP contribution in [0.2, 0.25) is 0 Å². The maximum Gasteiger partial charge on any atom is 0.238 e. The maximum atomic E-state index is 12.1. The number of anilines is 1. The van der Waals surface area contributed by atoms with Crippen LogP contribution in [0.1, 0.15) is 0 Å². The molecule has 0 unspecified atom stereocenters. The fourth-order valence-electron chi connectivity index (χ4n) is 3.96. The van der Waals surface area contributed by atoms with Gasteiger partial charge in [0.1, 0.15) is 11.4 Å². The van der Waals surface area contributed by atoms with Crippen LogP contribution in [-0.4, -0.2) is 13.4 Å². The smallest absolute Gasteiger partial charge is 0.238 e. The van der Waals surface area contributed by atoms with Crippen molar-refractivity contribution in [2.75, 3.05) is 5.73 Å². The van der Waals surface area contributed by atoms with Crippen molar-refractivity contribution in [3.63, 3.8) is 0 Å². The van der Waals surface area contributed by atoms with E-state index in [4.69, 9.17) is 10.9 Å². The molecule has 4 N–H and O–H groups in total. The molecule has 0 saturated heterocycles. The summed E-state index contributed by atoms with van der Waals surface area (Å²) in [5, 5.41) is 14.8. The highest BCUT2D eigenvalue weighted by Gasteiger charge is 2.17. The van der Waals surface area contributed by atoms with Crippen LogP contribution in [0, 0.1) is 0 Å². The number of sulfonamides is 1. The predicted octanol–water partition coefficient (Wildman–Crippen LogP) is 6.21. The minimum atomic E-state index is -3.98. The lowest BCUT2D eigenvalue weighted by Gasteiger charge is -2.10. The molecule has 5 aromatic rings. The monoisotopic (exact) mass is 479 g/mol. The number of primary sulfonamides is 1. The third kappa shape index (κ3) is 4.52. The summed E-state index contributed by atoms with van der Waals surface area (Å²) in [5.74, 6) is 0. The lowest BCUT2D eigenvalue weighted by Crippen LogP contribution is -2.13. The van der Waals surface area contributed by atoms with Gasteiger partial charge in [-0.1, -0.05) is 78.9 Å². The third-order valence-corrected chi connectivity index (χ3v) is 6.59. The van der Waals surface area contributed by atoms with E-state index in [2.05, 4.69) is 33.4 Å². The molecule has 0 aliphatic heterocycles. The van der Waals surface area contributed by atoms with Crippen LogP contribution in [0.4, 0.5) is 17.1 Å². The van der Waals surface area contributed by atoms with Crippen molar-refractivity contribution < 1.29 is 8.42 Å². The van der Waals surface area contributed by atoms with Crippen molar-refractivity contribution >= 4 is 37.9 Å². The summed E-state index contributed by atoms with van der Waals surface area (Å²) in [4.78, 5) is 4.52. The number of pyridine rings is 1. The molecule has 0 atom stereocenters. The average Bonchev–Trinajstić information content (AvgIpc) is 2.88. The van der Waals surface area contributed by atoms with Gasteiger partial charge in [-0.05, 0) is 29.3 Å². The fourth-order valence-corrected chi connectivity index (χ4v) is 4.72. The second-order valence-corrected chi connectivity index (χ2v) is 9.44. The summed E-state index contributed by atoms with van der Waals surface area (Å²) in [6.07, 6.45) is 1.61. The Morgan fingerprint density at radius 2 is 1.37 bits per heavy atom. The summed E-state index contributed by atoms with van der Waals surface area (Å²) in [7, 11) is -3.98. The summed E-state index contributed by atoms with van der Waals surface area (Å²) in [5.41, 5.74) is 11.3. The van der Waals surface area contributed by atoms with Gasteiger partial charge in [0.05, 0.1) is 22.5 Å². The fraction of sp³-hybridized carbons (Fsp3) is 0. The lowest BCUT2D eigenvalue weighted by molar-refractivity contribution is 0.598. The lowest BCUT2D eigenvalue weighted by atomic mass is 9.97. The second-order valence-electron chi connectivity index (χ2n) is 7.91. The highest BCUT2D eigenvalue weighted by molar-refractivity contribution is 7.89. The van der Waals surface area contributed by atoms with Crippen LogP contribution in [-0.2, 0) is 10.0 Å². The Hall–Kier alpha value is -4.40. The predicted molar refractivity (Wildman–Crippen MR) is 139 cm³/mol. The Labute approximate surface area is 202 Å². The van der Waals surface area contributed by atoms with Crippen molar-refractivity contribution in [2.24, 2.45) is 15.4 Å². The van der Waals surface area contributed by atoms with Gasteiger partial charge in [-0.3, -0.25) is 4.98 Å². The zero-order chi connectivity index (χ0) is 24.4. The molecule has 35 heavy (non-hydrogen) atoms. The third-order valence-electron chi connectivity index (χ3n) is 5.64. The number of nitrogen functional groups attached to an aromatic ring is 1. The number of aromatic nitrogens is 1. The summed E-state index contributed by atoms with van der Waals surface area (Å²) >= 11 is 0. The van der Waals surface area contributed by atoms with Crippen LogP contribution in [0.5, 0.6) is 0 Å². The highest BCUT2D eigenvalue weighted by atomic mass is 32.2. The van der Waals surface area contributed by atoms with E-state index in [0.29, 0.717) is 22.1 Å². The molecule has 0 fully saturated rings. The first-order valence-corrected chi connectivity index (χ1v) is 12.3. The number of hydrogen-bond donors (Lipinski definition) is 2. The van der Waals surface area contributed by atoms with E-state index in [1.165, 1.54) is 6.07 Å². The van der Waals surface area contributed by atoms with Gasteiger partial charge >= 0.3 is 0 Å². The summed E-state index contributed by atoms with van der Waals surface area (Å²) < 4.78 is 24.3. The van der Waals surface area contributed by atoms with Gasteiger partial charge in [-0.25, -0.2) is 13.6 Å². The van der Waals surface area contributed by atoms with Crippen molar-refractivity contribution in [1.29, 1.82) is 0 Å². The first-order valence-electron chi connectivity index (χ1n) is 10.8. The van der Waals surface area contributed by atoms with Crippen molar-refractivity contribution in [3.8, 4) is 22.4 Å². The Morgan fingerprint density at radius 3 is 2.06 bits per heavy atom. The molecule has 7 nitrogen and oxygen atoms in total. The Bertz CT molecular complexity index is 1670. The molecule has 4 aromatic carbocycles. The number of benzene rings is 4. The minimum absolute atomic E-state index is 0.0535. The zero-order valence-corrected chi connectivity index (χ0v) is 19.4. The van der Waals surface area contributed by atoms with Crippen molar-refractivity contribution in [2.45, 2.75) is 4.90 Å². The Kier molecular flexibility index (Phi) is 5.82. The molecule has 0 aliphatic carbocycles. The average molecular weight is 480 g/mol. The molecule has 0 saturated carbocycles. The number of hydrogen-bond acceptors (Lipinski definition) is 6. The first kappa shape index (κ1) is 22.4. The Balaban J connectivity index is 1.50. The van der Waals surface area contributed by atoms with Gasteiger partial charge in [-0.15, -0.1) is 10.2 Å². The zero-order valence-electron chi connectivity index (χ0n) is 18.5. The summed E-state index contributed by atoms with van der Waals surface area (Å²) in [6, 6.07) is 30.0. The van der Waals surface area contributed by atoms with Gasteiger partial charge in [0, 0.05) is 16.3 Å². The highest BCUT2D eigenvalue weighted by Crippen LogP contribution is 2.37. The maximum absolute atomic E-state index is 12.1. The molecule has 1 heterocycles. The number of azo groups is 1. The second kappa shape index (κ2) is 9.09. The van der Waals surface area contributed by atoms with E-state index in [0.717, 1.165) is 22.4 Å². The van der Waals surface area contributed by atoms with Gasteiger partial charge < -0.3 is 5.73 Å². The molecular formula is C27H21N5O2S. The van der Waals surface area contributed by atoms with E-state index in [1.807, 2.05) is 42.5 Å². The standard InChI is InChI=1S/C27H21N5O2S/c28-27-23-13-7-6-12-22(23)26(35(29,33)34)16-25(27)32-31-19-14-15-24(30-17-19)21-11-5-4-10-20(21)18-8-2-1-3-9-18/h1-17H,28H2,(H2,29,33,34). The largest absolute Gasteiger partial charge is 0.396 e. The molecule has 1 aromatic heterocycles. The molecule has 0 aliphatic rings. The molecule has 0 bridgehead atoms. The van der Waals surface area contributed by atoms with Crippen molar-refractivity contribution in [1.82, 2.24) is 4.98 Å². The van der Waals surface area contributed by atoms with E-state index in [1.54, 1.807) is 36.5 Å². The molecular weight excluding hydrogens is 458 g/mol. The van der Waals surface area contributed by atoms with Gasteiger partial charge in [0.25, 0.3) is 0 Å².